The fourth-order valence-electron chi connectivity index (χ4n) is 1.62. The van der Waals surface area contributed by atoms with E-state index in [9.17, 15) is 0 Å². The maximum Gasteiger partial charge on any atom is 0.259 e. The molecule has 6 heteroatoms. The van der Waals surface area contributed by atoms with Crippen LogP contribution in [0.5, 0.6) is 0 Å². The predicted octanol–water partition coefficient (Wildman–Crippen LogP) is 5.30. The van der Waals surface area contributed by atoms with E-state index in [0.29, 0.717) is 16.8 Å². The summed E-state index contributed by atoms with van der Waals surface area (Å²) in [5.41, 5.74) is 0.840. The van der Waals surface area contributed by atoms with E-state index in [1.807, 2.05) is 47.9 Å². The molecule has 3 rings (SSSR count). The number of halogens is 2. The lowest BCUT2D eigenvalue weighted by Crippen LogP contribution is -1.78. The van der Waals surface area contributed by atoms with Crippen LogP contribution < -0.4 is 0 Å². The third-order valence-electron chi connectivity index (χ3n) is 2.55. The Balaban J connectivity index is 1.93. The van der Waals surface area contributed by atoms with Crippen LogP contribution in [0.1, 0.15) is 10.8 Å². The highest BCUT2D eigenvalue weighted by molar-refractivity contribution is 9.10. The van der Waals surface area contributed by atoms with Gasteiger partial charge in [0.15, 0.2) is 0 Å². The van der Waals surface area contributed by atoms with Gasteiger partial charge >= 0.3 is 0 Å². The number of nitrogens with zero attached hydrogens (tertiary/aromatic N) is 2. The van der Waals surface area contributed by atoms with Gasteiger partial charge < -0.3 is 4.42 Å². The molecule has 0 aliphatic carbocycles. The normalized spacial score (nSPS) is 11.8. The van der Waals surface area contributed by atoms with Crippen molar-refractivity contribution in [1.29, 1.82) is 0 Å². The quantitative estimate of drug-likeness (QED) is 0.630. The van der Waals surface area contributed by atoms with Gasteiger partial charge in [0, 0.05) is 9.35 Å². The lowest BCUT2D eigenvalue weighted by atomic mass is 10.2. The van der Waals surface area contributed by atoms with E-state index < -0.39 is 0 Å². The summed E-state index contributed by atoms with van der Waals surface area (Å²) < 4.78 is 6.51. The van der Waals surface area contributed by atoms with E-state index in [4.69, 9.17) is 16.0 Å². The number of benzene rings is 1. The van der Waals surface area contributed by atoms with Gasteiger partial charge in [-0.1, -0.05) is 29.8 Å². The van der Waals surface area contributed by atoms with Gasteiger partial charge in [-0.05, 0) is 45.6 Å². The van der Waals surface area contributed by atoms with Crippen molar-refractivity contribution in [3.63, 3.8) is 0 Å². The fourth-order valence-corrected chi connectivity index (χ4v) is 2.99. The van der Waals surface area contributed by atoms with Crippen molar-refractivity contribution in [3.05, 3.63) is 57.0 Å². The SMILES string of the molecule is Cl/C(=C\c1cccs1)c1nnc(-c2ccccc2Br)o1. The summed E-state index contributed by atoms with van der Waals surface area (Å²) in [4.78, 5) is 1.04. The van der Waals surface area contributed by atoms with Crippen LogP contribution in [0.3, 0.4) is 0 Å². The summed E-state index contributed by atoms with van der Waals surface area (Å²) in [5, 5.41) is 10.4. The lowest BCUT2D eigenvalue weighted by molar-refractivity contribution is 0.556. The molecule has 0 saturated heterocycles. The van der Waals surface area contributed by atoms with Gasteiger partial charge in [-0.15, -0.1) is 21.5 Å². The Morgan fingerprint density at radius 1 is 1.20 bits per heavy atom. The first-order valence-electron chi connectivity index (χ1n) is 5.73. The minimum atomic E-state index is 0.311. The largest absolute Gasteiger partial charge is 0.415 e. The molecule has 0 unspecified atom stereocenters. The van der Waals surface area contributed by atoms with E-state index >= 15 is 0 Å². The van der Waals surface area contributed by atoms with Gasteiger partial charge in [-0.3, -0.25) is 0 Å². The molecular weight excluding hydrogens is 360 g/mol. The van der Waals surface area contributed by atoms with Crippen molar-refractivity contribution in [2.75, 3.05) is 0 Å². The Morgan fingerprint density at radius 2 is 2.05 bits per heavy atom. The molecule has 0 N–H and O–H groups in total. The maximum atomic E-state index is 6.20. The van der Waals surface area contributed by atoms with Gasteiger partial charge in [0.05, 0.1) is 5.56 Å². The predicted molar refractivity (Wildman–Crippen MR) is 85.5 cm³/mol. The third-order valence-corrected chi connectivity index (χ3v) is 4.33. The molecule has 0 radical (unpaired) electrons. The van der Waals surface area contributed by atoms with Crippen molar-refractivity contribution >= 4 is 50.0 Å². The molecule has 0 aliphatic rings. The molecule has 0 bridgehead atoms. The molecule has 1 aromatic carbocycles. The number of rotatable bonds is 3. The summed E-state index contributed by atoms with van der Waals surface area (Å²) in [6.07, 6.45) is 1.81. The van der Waals surface area contributed by atoms with E-state index in [1.54, 1.807) is 11.3 Å². The van der Waals surface area contributed by atoms with E-state index in [2.05, 4.69) is 26.1 Å². The van der Waals surface area contributed by atoms with Crippen LogP contribution in [-0.4, -0.2) is 10.2 Å². The van der Waals surface area contributed by atoms with E-state index in [-0.39, 0.29) is 0 Å². The van der Waals surface area contributed by atoms with Crippen molar-refractivity contribution in [2.45, 2.75) is 0 Å². The first kappa shape index (κ1) is 13.5. The summed E-state index contributed by atoms with van der Waals surface area (Å²) in [6, 6.07) is 11.6. The van der Waals surface area contributed by atoms with Crippen LogP contribution in [0.25, 0.3) is 22.6 Å². The van der Waals surface area contributed by atoms with Crippen molar-refractivity contribution in [3.8, 4) is 11.5 Å². The van der Waals surface area contributed by atoms with Crippen LogP contribution in [-0.2, 0) is 0 Å². The third kappa shape index (κ3) is 2.85. The Bertz CT molecular complexity index is 752. The van der Waals surface area contributed by atoms with Gasteiger partial charge in [0.1, 0.15) is 5.03 Å². The number of hydrogen-bond acceptors (Lipinski definition) is 4. The summed E-state index contributed by atoms with van der Waals surface area (Å²) in [7, 11) is 0. The van der Waals surface area contributed by atoms with E-state index in [0.717, 1.165) is 14.9 Å². The van der Waals surface area contributed by atoms with Crippen LogP contribution in [0.2, 0.25) is 0 Å². The van der Waals surface area contributed by atoms with Crippen molar-refractivity contribution in [1.82, 2.24) is 10.2 Å². The average Bonchev–Trinajstić information content (AvgIpc) is 3.10. The minimum Gasteiger partial charge on any atom is -0.415 e. The molecule has 20 heavy (non-hydrogen) atoms. The summed E-state index contributed by atoms with van der Waals surface area (Å²) in [5.74, 6) is 0.746. The molecular formula is C14H8BrClN2OS. The molecule has 3 aromatic rings. The smallest absolute Gasteiger partial charge is 0.259 e. The second-order valence-electron chi connectivity index (χ2n) is 3.90. The average molecular weight is 368 g/mol. The number of thiophene rings is 1. The molecule has 0 aliphatic heterocycles. The Labute approximate surface area is 133 Å². The molecule has 2 aromatic heterocycles. The Morgan fingerprint density at radius 3 is 2.80 bits per heavy atom. The van der Waals surface area contributed by atoms with Crippen LogP contribution in [0.15, 0.2) is 50.7 Å². The van der Waals surface area contributed by atoms with E-state index in [1.165, 1.54) is 0 Å². The van der Waals surface area contributed by atoms with Gasteiger partial charge in [0.2, 0.25) is 5.89 Å². The zero-order chi connectivity index (χ0) is 13.9. The molecule has 2 heterocycles. The zero-order valence-electron chi connectivity index (χ0n) is 10.1. The minimum absolute atomic E-state index is 0.311. The monoisotopic (exact) mass is 366 g/mol. The first-order chi connectivity index (χ1) is 9.74. The Kier molecular flexibility index (Phi) is 4.00. The zero-order valence-corrected chi connectivity index (χ0v) is 13.2. The van der Waals surface area contributed by atoms with Gasteiger partial charge in [-0.25, -0.2) is 0 Å². The standard InChI is InChI=1S/C14H8BrClN2OS/c15-11-6-2-1-5-10(11)13-17-18-14(19-13)12(16)8-9-4-3-7-20-9/h1-8H/b12-8-. The topological polar surface area (TPSA) is 38.9 Å². The summed E-state index contributed by atoms with van der Waals surface area (Å²) >= 11 is 11.2. The van der Waals surface area contributed by atoms with Gasteiger partial charge in [0.25, 0.3) is 5.89 Å². The molecule has 100 valence electrons. The highest BCUT2D eigenvalue weighted by Gasteiger charge is 2.13. The molecule has 3 nitrogen and oxygen atoms in total. The summed E-state index contributed by atoms with van der Waals surface area (Å²) in [6.45, 7) is 0. The molecule has 0 spiro atoms. The van der Waals surface area contributed by atoms with Gasteiger partial charge in [-0.2, -0.15) is 0 Å². The fraction of sp³-hybridized carbons (Fsp3) is 0. The van der Waals surface area contributed by atoms with Crippen LogP contribution in [0, 0.1) is 0 Å². The molecule has 0 atom stereocenters. The van der Waals surface area contributed by atoms with Crippen molar-refractivity contribution < 1.29 is 4.42 Å². The highest BCUT2D eigenvalue weighted by atomic mass is 79.9. The second kappa shape index (κ2) is 5.91. The number of hydrogen-bond donors (Lipinski definition) is 0. The number of aromatic nitrogens is 2. The highest BCUT2D eigenvalue weighted by Crippen LogP contribution is 2.30. The van der Waals surface area contributed by atoms with Crippen molar-refractivity contribution in [2.24, 2.45) is 0 Å². The van der Waals surface area contributed by atoms with Crippen LogP contribution in [0.4, 0.5) is 0 Å². The lowest BCUT2D eigenvalue weighted by Gasteiger charge is -1.97. The van der Waals surface area contributed by atoms with Crippen LogP contribution >= 0.6 is 38.9 Å². The molecule has 0 fully saturated rings. The molecule has 0 amide bonds. The second-order valence-corrected chi connectivity index (χ2v) is 6.14. The maximum absolute atomic E-state index is 6.20. The Hall–Kier alpha value is -1.43. The first-order valence-corrected chi connectivity index (χ1v) is 7.78. The molecule has 0 saturated carbocycles.